The Bertz CT molecular complexity index is 574. The maximum Gasteiger partial charge on any atom is 0.255 e. The molecule has 0 aliphatic carbocycles. The van der Waals surface area contributed by atoms with Gasteiger partial charge in [-0.2, -0.15) is 0 Å². The van der Waals surface area contributed by atoms with Crippen molar-refractivity contribution in [3.8, 4) is 0 Å². The number of aromatic amines is 1. The van der Waals surface area contributed by atoms with Crippen LogP contribution in [0.15, 0.2) is 47.2 Å². The predicted molar refractivity (Wildman–Crippen MR) is 78.0 cm³/mol. The average molecular weight is 319 g/mol. The van der Waals surface area contributed by atoms with Crippen LogP contribution in [-0.4, -0.2) is 28.9 Å². The van der Waals surface area contributed by atoms with Gasteiger partial charge in [-0.25, -0.2) is 0 Å². The molecule has 0 unspecified atom stereocenters. The fourth-order valence-corrected chi connectivity index (χ4v) is 2.95. The fourth-order valence-electron chi connectivity index (χ4n) is 2.50. The third-order valence-electron chi connectivity index (χ3n) is 3.50. The standard InChI is InChI=1S/C15H15BrN2O/c16-14-3-1-2-11(7-14)6-12-9-18(10-12)15(19)13-4-5-17-8-13/h1-5,7-8,12,17H,6,9-10H2. The van der Waals surface area contributed by atoms with Crippen LogP contribution in [0.4, 0.5) is 0 Å². The number of benzene rings is 1. The highest BCUT2D eigenvalue weighted by molar-refractivity contribution is 9.10. The zero-order valence-electron chi connectivity index (χ0n) is 10.5. The first-order chi connectivity index (χ1) is 9.22. The van der Waals surface area contributed by atoms with E-state index in [2.05, 4.69) is 39.1 Å². The summed E-state index contributed by atoms with van der Waals surface area (Å²) in [6, 6.07) is 10.2. The molecule has 4 heteroatoms. The van der Waals surface area contributed by atoms with Gasteiger partial charge in [0.2, 0.25) is 0 Å². The van der Waals surface area contributed by atoms with Gasteiger partial charge in [-0.15, -0.1) is 0 Å². The molecule has 0 atom stereocenters. The highest BCUT2D eigenvalue weighted by Gasteiger charge is 2.31. The second kappa shape index (κ2) is 5.21. The highest BCUT2D eigenvalue weighted by Crippen LogP contribution is 2.23. The molecule has 1 N–H and O–H groups in total. The van der Waals surface area contributed by atoms with Gasteiger partial charge in [0, 0.05) is 30.0 Å². The van der Waals surface area contributed by atoms with Crippen molar-refractivity contribution in [2.24, 2.45) is 5.92 Å². The zero-order valence-corrected chi connectivity index (χ0v) is 12.1. The third kappa shape index (κ3) is 2.73. The summed E-state index contributed by atoms with van der Waals surface area (Å²) >= 11 is 3.49. The quantitative estimate of drug-likeness (QED) is 0.927. The first kappa shape index (κ1) is 12.5. The van der Waals surface area contributed by atoms with Gasteiger partial charge in [-0.1, -0.05) is 28.1 Å². The number of likely N-dealkylation sites (tertiary alicyclic amines) is 1. The Hall–Kier alpha value is -1.55. The number of nitrogens with one attached hydrogen (secondary N) is 1. The molecule has 1 aliphatic heterocycles. The minimum atomic E-state index is 0.131. The van der Waals surface area contributed by atoms with Crippen molar-refractivity contribution < 1.29 is 4.79 Å². The normalized spacial score (nSPS) is 15.3. The molecule has 1 aromatic carbocycles. The van der Waals surface area contributed by atoms with Gasteiger partial charge in [0.1, 0.15) is 0 Å². The van der Waals surface area contributed by atoms with Crippen LogP contribution in [0.3, 0.4) is 0 Å². The number of nitrogens with zero attached hydrogens (tertiary/aromatic N) is 1. The van der Waals surface area contributed by atoms with E-state index in [1.165, 1.54) is 5.56 Å². The van der Waals surface area contributed by atoms with Crippen LogP contribution in [0.2, 0.25) is 0 Å². The first-order valence-electron chi connectivity index (χ1n) is 6.39. The molecule has 0 spiro atoms. The monoisotopic (exact) mass is 318 g/mol. The van der Waals surface area contributed by atoms with Crippen LogP contribution < -0.4 is 0 Å². The van der Waals surface area contributed by atoms with E-state index in [9.17, 15) is 4.79 Å². The number of carbonyl (C=O) groups excluding carboxylic acids is 1. The van der Waals surface area contributed by atoms with E-state index >= 15 is 0 Å². The number of hydrogen-bond donors (Lipinski definition) is 1. The van der Waals surface area contributed by atoms with Crippen LogP contribution in [0.1, 0.15) is 15.9 Å². The molecule has 1 aromatic heterocycles. The van der Waals surface area contributed by atoms with Crippen molar-refractivity contribution >= 4 is 21.8 Å². The summed E-state index contributed by atoms with van der Waals surface area (Å²) in [5.74, 6) is 0.712. The molecule has 2 aromatic rings. The lowest BCUT2D eigenvalue weighted by atomic mass is 9.92. The molecule has 1 amide bonds. The van der Waals surface area contributed by atoms with Crippen LogP contribution in [0.25, 0.3) is 0 Å². The highest BCUT2D eigenvalue weighted by atomic mass is 79.9. The summed E-state index contributed by atoms with van der Waals surface area (Å²) in [6.07, 6.45) is 4.58. The molecule has 3 rings (SSSR count). The van der Waals surface area contributed by atoms with Crippen LogP contribution >= 0.6 is 15.9 Å². The molecule has 1 saturated heterocycles. The average Bonchev–Trinajstić information content (AvgIpc) is 2.86. The molecule has 0 bridgehead atoms. The molecule has 3 nitrogen and oxygen atoms in total. The summed E-state index contributed by atoms with van der Waals surface area (Å²) in [6.45, 7) is 1.72. The molecule has 0 saturated carbocycles. The summed E-state index contributed by atoms with van der Waals surface area (Å²) in [5.41, 5.74) is 2.08. The van der Waals surface area contributed by atoms with Gasteiger partial charge < -0.3 is 9.88 Å². The molecule has 19 heavy (non-hydrogen) atoms. The Morgan fingerprint density at radius 1 is 1.37 bits per heavy atom. The van der Waals surface area contributed by atoms with Crippen LogP contribution in [0.5, 0.6) is 0 Å². The lowest BCUT2D eigenvalue weighted by Gasteiger charge is -2.39. The number of rotatable bonds is 3. The number of H-pyrrole nitrogens is 1. The lowest BCUT2D eigenvalue weighted by Crippen LogP contribution is -2.50. The Balaban J connectivity index is 1.54. The van der Waals surface area contributed by atoms with Crippen molar-refractivity contribution in [3.63, 3.8) is 0 Å². The van der Waals surface area contributed by atoms with E-state index in [-0.39, 0.29) is 5.91 Å². The third-order valence-corrected chi connectivity index (χ3v) is 4.00. The van der Waals surface area contributed by atoms with E-state index in [0.29, 0.717) is 5.92 Å². The molecule has 1 fully saturated rings. The molecular weight excluding hydrogens is 304 g/mol. The fraction of sp³-hybridized carbons (Fsp3) is 0.267. The Labute approximate surface area is 120 Å². The summed E-state index contributed by atoms with van der Waals surface area (Å²) in [4.78, 5) is 16.9. The van der Waals surface area contributed by atoms with E-state index in [1.54, 1.807) is 12.4 Å². The lowest BCUT2D eigenvalue weighted by molar-refractivity contribution is 0.0501. The van der Waals surface area contributed by atoms with Crippen LogP contribution in [0, 0.1) is 5.92 Å². The number of hydrogen-bond acceptors (Lipinski definition) is 1. The molecule has 0 radical (unpaired) electrons. The maximum atomic E-state index is 12.0. The molecular formula is C15H15BrN2O. The van der Waals surface area contributed by atoms with E-state index in [1.807, 2.05) is 17.0 Å². The number of carbonyl (C=O) groups is 1. The molecule has 98 valence electrons. The second-order valence-electron chi connectivity index (χ2n) is 5.01. The number of halogens is 1. The summed E-state index contributed by atoms with van der Waals surface area (Å²) in [7, 11) is 0. The molecule has 2 heterocycles. The van der Waals surface area contributed by atoms with Crippen molar-refractivity contribution in [2.75, 3.05) is 13.1 Å². The van der Waals surface area contributed by atoms with Gasteiger partial charge in [0.25, 0.3) is 5.91 Å². The SMILES string of the molecule is O=C(c1cc[nH]c1)N1CC(Cc2cccc(Br)c2)C1. The number of amides is 1. The van der Waals surface area contributed by atoms with Crippen LogP contribution in [-0.2, 0) is 6.42 Å². The second-order valence-corrected chi connectivity index (χ2v) is 5.93. The van der Waals surface area contributed by atoms with Gasteiger partial charge in [0.05, 0.1) is 5.56 Å². The Kier molecular flexibility index (Phi) is 3.42. The minimum Gasteiger partial charge on any atom is -0.367 e. The van der Waals surface area contributed by atoms with Gasteiger partial charge >= 0.3 is 0 Å². The Morgan fingerprint density at radius 2 is 2.21 bits per heavy atom. The zero-order chi connectivity index (χ0) is 13.2. The summed E-state index contributed by atoms with van der Waals surface area (Å²) < 4.78 is 1.12. The minimum absolute atomic E-state index is 0.131. The van der Waals surface area contributed by atoms with Crippen molar-refractivity contribution in [1.29, 1.82) is 0 Å². The van der Waals surface area contributed by atoms with E-state index in [0.717, 1.165) is 29.5 Å². The van der Waals surface area contributed by atoms with Gasteiger partial charge in [-0.3, -0.25) is 4.79 Å². The Morgan fingerprint density at radius 3 is 2.89 bits per heavy atom. The largest absolute Gasteiger partial charge is 0.367 e. The smallest absolute Gasteiger partial charge is 0.255 e. The maximum absolute atomic E-state index is 12.0. The topological polar surface area (TPSA) is 36.1 Å². The van der Waals surface area contributed by atoms with E-state index in [4.69, 9.17) is 0 Å². The number of aromatic nitrogens is 1. The van der Waals surface area contributed by atoms with E-state index < -0.39 is 0 Å². The predicted octanol–water partition coefficient (Wildman–Crippen LogP) is 3.09. The van der Waals surface area contributed by atoms with Gasteiger partial charge in [0.15, 0.2) is 0 Å². The summed E-state index contributed by atoms with van der Waals surface area (Å²) in [5, 5.41) is 0. The van der Waals surface area contributed by atoms with Gasteiger partial charge in [-0.05, 0) is 36.1 Å². The van der Waals surface area contributed by atoms with Crippen molar-refractivity contribution in [3.05, 3.63) is 58.3 Å². The van der Waals surface area contributed by atoms with Crippen molar-refractivity contribution in [2.45, 2.75) is 6.42 Å². The van der Waals surface area contributed by atoms with Crippen molar-refractivity contribution in [1.82, 2.24) is 9.88 Å². The first-order valence-corrected chi connectivity index (χ1v) is 7.18. The molecule has 1 aliphatic rings.